The van der Waals surface area contributed by atoms with Crippen LogP contribution in [-0.4, -0.2) is 28.5 Å². The van der Waals surface area contributed by atoms with Gasteiger partial charge in [0, 0.05) is 37.7 Å². The van der Waals surface area contributed by atoms with E-state index in [0.717, 1.165) is 22.6 Å². The fraction of sp³-hybridized carbons (Fsp3) is 0.200. The van der Waals surface area contributed by atoms with E-state index in [0.29, 0.717) is 0 Å². The molecular formula is C15H16N4. The Kier molecular flexibility index (Phi) is 2.71. The number of hydrogen-bond acceptors (Lipinski definition) is 3. The summed E-state index contributed by atoms with van der Waals surface area (Å²) in [6.07, 6.45) is 5.82. The molecule has 0 saturated carbocycles. The number of rotatable bonds is 2. The first-order valence-corrected chi connectivity index (χ1v) is 6.22. The predicted molar refractivity (Wildman–Crippen MR) is 77.5 cm³/mol. The van der Waals surface area contributed by atoms with Crippen molar-refractivity contribution < 1.29 is 0 Å². The molecule has 3 aromatic rings. The van der Waals surface area contributed by atoms with Gasteiger partial charge in [0.15, 0.2) is 5.65 Å². The summed E-state index contributed by atoms with van der Waals surface area (Å²) in [4.78, 5) is 10.9. The first-order chi connectivity index (χ1) is 9.13. The molecule has 0 amide bonds. The maximum absolute atomic E-state index is 4.59. The van der Waals surface area contributed by atoms with Crippen LogP contribution in [0.5, 0.6) is 0 Å². The third kappa shape index (κ3) is 2.17. The van der Waals surface area contributed by atoms with Crippen molar-refractivity contribution in [3.8, 4) is 11.3 Å². The maximum atomic E-state index is 4.59. The Morgan fingerprint density at radius 2 is 1.79 bits per heavy atom. The zero-order valence-corrected chi connectivity index (χ0v) is 11.3. The van der Waals surface area contributed by atoms with Gasteiger partial charge in [-0.2, -0.15) is 0 Å². The second kappa shape index (κ2) is 4.39. The van der Waals surface area contributed by atoms with E-state index in [-0.39, 0.29) is 0 Å². The van der Waals surface area contributed by atoms with Crippen molar-refractivity contribution in [1.82, 2.24) is 14.4 Å². The number of aryl methyl sites for hydroxylation is 1. The number of imidazole rings is 1. The molecule has 2 aromatic heterocycles. The van der Waals surface area contributed by atoms with Gasteiger partial charge in [0.1, 0.15) is 0 Å². The maximum Gasteiger partial charge on any atom is 0.155 e. The van der Waals surface area contributed by atoms with Crippen molar-refractivity contribution in [2.75, 3.05) is 19.0 Å². The molecule has 0 N–H and O–H groups in total. The average Bonchev–Trinajstić information content (AvgIpc) is 2.81. The average molecular weight is 252 g/mol. The SMILES string of the molecule is Cc1cn2cc(-c3ccc(N(C)C)cc3)nc2cn1. The summed E-state index contributed by atoms with van der Waals surface area (Å²) in [6.45, 7) is 1.98. The molecule has 2 heterocycles. The van der Waals surface area contributed by atoms with Gasteiger partial charge in [-0.1, -0.05) is 12.1 Å². The van der Waals surface area contributed by atoms with E-state index in [1.165, 1.54) is 5.69 Å². The summed E-state index contributed by atoms with van der Waals surface area (Å²) in [5.41, 5.74) is 5.13. The molecule has 96 valence electrons. The molecule has 0 spiro atoms. The standard InChI is InChI=1S/C15H16N4/c1-11-9-19-10-14(17-15(19)8-16-11)12-4-6-13(7-5-12)18(2)3/h4-10H,1-3H3. The zero-order valence-electron chi connectivity index (χ0n) is 11.3. The highest BCUT2D eigenvalue weighted by Gasteiger charge is 2.05. The Balaban J connectivity index is 2.03. The summed E-state index contributed by atoms with van der Waals surface area (Å²) in [5, 5.41) is 0. The second-order valence-electron chi connectivity index (χ2n) is 4.86. The topological polar surface area (TPSA) is 33.4 Å². The van der Waals surface area contributed by atoms with Crippen LogP contribution >= 0.6 is 0 Å². The van der Waals surface area contributed by atoms with E-state index in [1.807, 2.05) is 37.8 Å². The summed E-state index contributed by atoms with van der Waals surface area (Å²) in [5.74, 6) is 0. The van der Waals surface area contributed by atoms with E-state index in [1.54, 1.807) is 6.20 Å². The van der Waals surface area contributed by atoms with Crippen LogP contribution in [0.4, 0.5) is 5.69 Å². The molecule has 0 saturated heterocycles. The minimum Gasteiger partial charge on any atom is -0.378 e. The van der Waals surface area contributed by atoms with Crippen LogP contribution in [0.2, 0.25) is 0 Å². The van der Waals surface area contributed by atoms with Crippen LogP contribution in [0.15, 0.2) is 42.9 Å². The van der Waals surface area contributed by atoms with Crippen molar-refractivity contribution >= 4 is 11.3 Å². The largest absolute Gasteiger partial charge is 0.378 e. The summed E-state index contributed by atoms with van der Waals surface area (Å²) in [6, 6.07) is 8.39. The zero-order chi connectivity index (χ0) is 13.4. The lowest BCUT2D eigenvalue weighted by molar-refractivity contribution is 1.07. The molecule has 0 aliphatic heterocycles. The van der Waals surface area contributed by atoms with E-state index in [4.69, 9.17) is 0 Å². The minimum absolute atomic E-state index is 0.872. The molecule has 0 radical (unpaired) electrons. The third-order valence-electron chi connectivity index (χ3n) is 3.15. The minimum atomic E-state index is 0.872. The summed E-state index contributed by atoms with van der Waals surface area (Å²) < 4.78 is 2.01. The van der Waals surface area contributed by atoms with Crippen LogP contribution in [0.1, 0.15) is 5.69 Å². The number of aromatic nitrogens is 3. The van der Waals surface area contributed by atoms with E-state index < -0.39 is 0 Å². The molecular weight excluding hydrogens is 236 g/mol. The Bertz CT molecular complexity index is 711. The van der Waals surface area contributed by atoms with Gasteiger partial charge in [-0.3, -0.25) is 4.98 Å². The predicted octanol–water partition coefficient (Wildman–Crippen LogP) is 2.77. The van der Waals surface area contributed by atoms with Crippen LogP contribution in [0.25, 0.3) is 16.9 Å². The van der Waals surface area contributed by atoms with Gasteiger partial charge in [0.2, 0.25) is 0 Å². The Morgan fingerprint density at radius 1 is 1.05 bits per heavy atom. The van der Waals surface area contributed by atoms with Gasteiger partial charge in [0.25, 0.3) is 0 Å². The third-order valence-corrected chi connectivity index (χ3v) is 3.15. The second-order valence-corrected chi connectivity index (χ2v) is 4.86. The molecule has 0 atom stereocenters. The number of hydrogen-bond donors (Lipinski definition) is 0. The van der Waals surface area contributed by atoms with Crippen molar-refractivity contribution in [3.63, 3.8) is 0 Å². The monoisotopic (exact) mass is 252 g/mol. The molecule has 1 aromatic carbocycles. The number of nitrogens with zero attached hydrogens (tertiary/aromatic N) is 4. The molecule has 4 heteroatoms. The lowest BCUT2D eigenvalue weighted by Gasteiger charge is -2.12. The lowest BCUT2D eigenvalue weighted by atomic mass is 10.1. The fourth-order valence-electron chi connectivity index (χ4n) is 2.07. The van der Waals surface area contributed by atoms with Crippen LogP contribution in [-0.2, 0) is 0 Å². The van der Waals surface area contributed by atoms with Gasteiger partial charge >= 0.3 is 0 Å². The van der Waals surface area contributed by atoms with Crippen LogP contribution in [0, 0.1) is 6.92 Å². The smallest absolute Gasteiger partial charge is 0.155 e. The molecule has 0 fully saturated rings. The Hall–Kier alpha value is -2.36. The fourth-order valence-corrected chi connectivity index (χ4v) is 2.07. The van der Waals surface area contributed by atoms with Crippen molar-refractivity contribution in [2.24, 2.45) is 0 Å². The Labute approximate surface area is 112 Å². The molecule has 0 bridgehead atoms. The summed E-state index contributed by atoms with van der Waals surface area (Å²) >= 11 is 0. The molecule has 0 aliphatic rings. The van der Waals surface area contributed by atoms with E-state index in [2.05, 4.69) is 39.1 Å². The molecule has 3 rings (SSSR count). The molecule has 19 heavy (non-hydrogen) atoms. The van der Waals surface area contributed by atoms with Gasteiger partial charge in [-0.15, -0.1) is 0 Å². The van der Waals surface area contributed by atoms with Crippen molar-refractivity contribution in [3.05, 3.63) is 48.5 Å². The van der Waals surface area contributed by atoms with Crippen LogP contribution < -0.4 is 4.90 Å². The molecule has 0 unspecified atom stereocenters. The van der Waals surface area contributed by atoms with E-state index in [9.17, 15) is 0 Å². The quantitative estimate of drug-likeness (QED) is 0.703. The van der Waals surface area contributed by atoms with Crippen molar-refractivity contribution in [2.45, 2.75) is 6.92 Å². The van der Waals surface area contributed by atoms with Gasteiger partial charge in [-0.05, 0) is 19.1 Å². The molecule has 4 nitrogen and oxygen atoms in total. The van der Waals surface area contributed by atoms with Gasteiger partial charge < -0.3 is 9.30 Å². The highest BCUT2D eigenvalue weighted by Crippen LogP contribution is 2.22. The first kappa shape index (κ1) is 11.7. The normalized spacial score (nSPS) is 10.9. The van der Waals surface area contributed by atoms with Crippen molar-refractivity contribution in [1.29, 1.82) is 0 Å². The number of benzene rings is 1. The summed E-state index contributed by atoms with van der Waals surface area (Å²) in [7, 11) is 4.07. The highest BCUT2D eigenvalue weighted by molar-refractivity contribution is 5.65. The highest BCUT2D eigenvalue weighted by atomic mass is 15.1. The molecule has 0 aliphatic carbocycles. The number of fused-ring (bicyclic) bond motifs is 1. The Morgan fingerprint density at radius 3 is 2.47 bits per heavy atom. The first-order valence-electron chi connectivity index (χ1n) is 6.22. The van der Waals surface area contributed by atoms with Gasteiger partial charge in [-0.25, -0.2) is 4.98 Å². The van der Waals surface area contributed by atoms with E-state index >= 15 is 0 Å². The van der Waals surface area contributed by atoms with Gasteiger partial charge in [0.05, 0.1) is 17.6 Å². The number of anilines is 1. The van der Waals surface area contributed by atoms with Crippen LogP contribution in [0.3, 0.4) is 0 Å². The lowest BCUT2D eigenvalue weighted by Crippen LogP contribution is -2.07.